The van der Waals surface area contributed by atoms with E-state index in [1.807, 2.05) is 43.3 Å². The molecule has 7 heteroatoms. The standard InChI is InChI=1S/C20H20N2O3S2/c1-12(2)14-5-7-15(8-6-14)21-18(23)11-22-19(24)17(27-20(22)25)10-16-9-4-13(3)26-16/h4-10,12H,11H2,1-3H3,(H,21,23)/b17-10+. The van der Waals surface area contributed by atoms with Crippen molar-refractivity contribution in [2.24, 2.45) is 0 Å². The molecule has 1 N–H and O–H groups in total. The Morgan fingerprint density at radius 1 is 1.15 bits per heavy atom. The summed E-state index contributed by atoms with van der Waals surface area (Å²) in [5, 5.41) is 2.31. The first-order valence-electron chi connectivity index (χ1n) is 8.55. The average Bonchev–Trinajstić information content (AvgIpc) is 3.13. The molecule has 1 aliphatic rings. The van der Waals surface area contributed by atoms with Gasteiger partial charge >= 0.3 is 0 Å². The lowest BCUT2D eigenvalue weighted by molar-refractivity contribution is -0.127. The number of thiophene rings is 1. The third-order valence-corrected chi connectivity index (χ3v) is 5.93. The molecule has 2 heterocycles. The summed E-state index contributed by atoms with van der Waals surface area (Å²) in [7, 11) is 0. The van der Waals surface area contributed by atoms with Crippen LogP contribution in [0.5, 0.6) is 0 Å². The van der Waals surface area contributed by atoms with Gasteiger partial charge in [-0.1, -0.05) is 26.0 Å². The third-order valence-electron chi connectivity index (χ3n) is 4.07. The molecule has 0 atom stereocenters. The number of nitrogens with zero attached hydrogens (tertiary/aromatic N) is 1. The molecule has 0 unspecified atom stereocenters. The molecule has 0 radical (unpaired) electrons. The predicted octanol–water partition coefficient (Wildman–Crippen LogP) is 4.85. The van der Waals surface area contributed by atoms with Crippen LogP contribution in [0.3, 0.4) is 0 Å². The van der Waals surface area contributed by atoms with E-state index in [2.05, 4.69) is 19.2 Å². The quantitative estimate of drug-likeness (QED) is 0.728. The topological polar surface area (TPSA) is 66.5 Å². The van der Waals surface area contributed by atoms with Crippen LogP contribution in [-0.2, 0) is 9.59 Å². The maximum absolute atomic E-state index is 12.5. The first kappa shape index (κ1) is 19.4. The van der Waals surface area contributed by atoms with Crippen LogP contribution in [0.4, 0.5) is 10.5 Å². The molecular weight excluding hydrogens is 380 g/mol. The van der Waals surface area contributed by atoms with Gasteiger partial charge in [-0.15, -0.1) is 11.3 Å². The Balaban J connectivity index is 1.64. The molecule has 1 aliphatic heterocycles. The van der Waals surface area contributed by atoms with Gasteiger partial charge in [0, 0.05) is 15.4 Å². The van der Waals surface area contributed by atoms with Crippen molar-refractivity contribution in [1.82, 2.24) is 4.90 Å². The predicted molar refractivity (Wildman–Crippen MR) is 111 cm³/mol. The molecule has 27 heavy (non-hydrogen) atoms. The first-order chi connectivity index (χ1) is 12.8. The van der Waals surface area contributed by atoms with Gasteiger partial charge in [0.2, 0.25) is 5.91 Å². The number of hydrogen-bond donors (Lipinski definition) is 1. The highest BCUT2D eigenvalue weighted by Crippen LogP contribution is 2.33. The fourth-order valence-electron chi connectivity index (χ4n) is 2.59. The van der Waals surface area contributed by atoms with E-state index >= 15 is 0 Å². The molecule has 0 saturated carbocycles. The second kappa shape index (κ2) is 8.10. The van der Waals surface area contributed by atoms with Gasteiger partial charge in [-0.2, -0.15) is 0 Å². The molecule has 1 aromatic heterocycles. The maximum atomic E-state index is 12.5. The highest BCUT2D eigenvalue weighted by molar-refractivity contribution is 8.18. The number of benzene rings is 1. The normalized spacial score (nSPS) is 15.9. The Morgan fingerprint density at radius 3 is 2.44 bits per heavy atom. The zero-order valence-electron chi connectivity index (χ0n) is 15.3. The number of nitrogens with one attached hydrogen (secondary N) is 1. The molecule has 2 aromatic rings. The van der Waals surface area contributed by atoms with Crippen LogP contribution in [0.2, 0.25) is 0 Å². The average molecular weight is 401 g/mol. The van der Waals surface area contributed by atoms with E-state index in [-0.39, 0.29) is 6.54 Å². The van der Waals surface area contributed by atoms with Gasteiger partial charge < -0.3 is 5.32 Å². The Hall–Kier alpha value is -2.38. The molecule has 0 aliphatic carbocycles. The Kier molecular flexibility index (Phi) is 5.82. The van der Waals surface area contributed by atoms with Crippen LogP contribution < -0.4 is 5.32 Å². The van der Waals surface area contributed by atoms with E-state index < -0.39 is 17.1 Å². The number of carbonyl (C=O) groups excluding carboxylic acids is 3. The molecule has 0 spiro atoms. The van der Waals surface area contributed by atoms with Gasteiger partial charge in [0.15, 0.2) is 0 Å². The van der Waals surface area contributed by atoms with E-state index in [1.54, 1.807) is 17.4 Å². The largest absolute Gasteiger partial charge is 0.325 e. The van der Waals surface area contributed by atoms with Gasteiger partial charge in [-0.05, 0) is 60.5 Å². The van der Waals surface area contributed by atoms with Crippen molar-refractivity contribution in [3.05, 3.63) is 56.6 Å². The van der Waals surface area contributed by atoms with Crippen molar-refractivity contribution in [1.29, 1.82) is 0 Å². The van der Waals surface area contributed by atoms with E-state index in [0.29, 0.717) is 16.5 Å². The number of aryl methyl sites for hydroxylation is 1. The van der Waals surface area contributed by atoms with Crippen LogP contribution in [0.25, 0.3) is 6.08 Å². The number of hydrogen-bond acceptors (Lipinski definition) is 5. The Bertz CT molecular complexity index is 914. The highest BCUT2D eigenvalue weighted by Gasteiger charge is 2.36. The van der Waals surface area contributed by atoms with Crippen LogP contribution in [-0.4, -0.2) is 28.5 Å². The number of thioether (sulfide) groups is 1. The lowest BCUT2D eigenvalue weighted by Crippen LogP contribution is -2.36. The third kappa shape index (κ3) is 4.67. The molecule has 1 saturated heterocycles. The monoisotopic (exact) mass is 400 g/mol. The summed E-state index contributed by atoms with van der Waals surface area (Å²) in [5.74, 6) is -0.423. The fraction of sp³-hybridized carbons (Fsp3) is 0.250. The van der Waals surface area contributed by atoms with Crippen molar-refractivity contribution in [3.8, 4) is 0 Å². The Labute approximate surface area is 166 Å². The molecule has 3 amide bonds. The second-order valence-corrected chi connectivity index (χ2v) is 8.85. The van der Waals surface area contributed by atoms with Crippen molar-refractivity contribution in [2.75, 3.05) is 11.9 Å². The summed E-state index contributed by atoms with van der Waals surface area (Å²) >= 11 is 2.41. The van der Waals surface area contributed by atoms with Gasteiger partial charge in [0.1, 0.15) is 6.54 Å². The summed E-state index contributed by atoms with van der Waals surface area (Å²) in [6.45, 7) is 5.88. The van der Waals surface area contributed by atoms with Crippen molar-refractivity contribution < 1.29 is 14.4 Å². The molecule has 0 bridgehead atoms. The molecule has 3 rings (SSSR count). The van der Waals surface area contributed by atoms with Crippen molar-refractivity contribution in [2.45, 2.75) is 26.7 Å². The van der Waals surface area contributed by atoms with Crippen LogP contribution >= 0.6 is 23.1 Å². The highest BCUT2D eigenvalue weighted by atomic mass is 32.2. The second-order valence-electron chi connectivity index (χ2n) is 6.54. The SMILES string of the molecule is Cc1ccc(/C=C2/SC(=O)N(CC(=O)Nc3ccc(C(C)C)cc3)C2=O)s1. The van der Waals surface area contributed by atoms with E-state index in [9.17, 15) is 14.4 Å². The lowest BCUT2D eigenvalue weighted by atomic mass is 10.0. The number of imide groups is 1. The summed E-state index contributed by atoms with van der Waals surface area (Å²) in [6.07, 6.45) is 1.70. The van der Waals surface area contributed by atoms with Crippen molar-refractivity contribution in [3.63, 3.8) is 0 Å². The van der Waals surface area contributed by atoms with E-state index in [0.717, 1.165) is 26.4 Å². The molecule has 1 fully saturated rings. The number of carbonyl (C=O) groups is 3. The summed E-state index contributed by atoms with van der Waals surface area (Å²) in [5.41, 5.74) is 1.81. The minimum atomic E-state index is -0.429. The molecule has 5 nitrogen and oxygen atoms in total. The van der Waals surface area contributed by atoms with Crippen LogP contribution in [0.15, 0.2) is 41.3 Å². The van der Waals surface area contributed by atoms with Gasteiger partial charge in [-0.3, -0.25) is 19.3 Å². The minimum absolute atomic E-state index is 0.294. The Morgan fingerprint density at radius 2 is 1.85 bits per heavy atom. The van der Waals surface area contributed by atoms with Crippen LogP contribution in [0.1, 0.15) is 35.1 Å². The van der Waals surface area contributed by atoms with Gasteiger partial charge in [0.05, 0.1) is 4.91 Å². The number of anilines is 1. The fourth-order valence-corrected chi connectivity index (χ4v) is 4.32. The molecule has 140 valence electrons. The summed E-state index contributed by atoms with van der Waals surface area (Å²) in [4.78, 5) is 40.2. The molecular formula is C20H20N2O3S2. The minimum Gasteiger partial charge on any atom is -0.325 e. The van der Waals surface area contributed by atoms with Crippen molar-refractivity contribution >= 4 is 51.9 Å². The zero-order chi connectivity index (χ0) is 19.6. The van der Waals surface area contributed by atoms with Gasteiger partial charge in [-0.25, -0.2) is 0 Å². The number of amides is 3. The van der Waals surface area contributed by atoms with Crippen LogP contribution in [0, 0.1) is 6.92 Å². The van der Waals surface area contributed by atoms with Gasteiger partial charge in [0.25, 0.3) is 11.1 Å². The first-order valence-corrected chi connectivity index (χ1v) is 10.2. The number of rotatable bonds is 5. The van der Waals surface area contributed by atoms with E-state index in [1.165, 1.54) is 5.56 Å². The zero-order valence-corrected chi connectivity index (χ0v) is 16.9. The lowest BCUT2D eigenvalue weighted by Gasteiger charge is -2.13. The maximum Gasteiger partial charge on any atom is 0.294 e. The molecule has 1 aromatic carbocycles. The van der Waals surface area contributed by atoms with E-state index in [4.69, 9.17) is 0 Å². The smallest absolute Gasteiger partial charge is 0.294 e. The summed E-state index contributed by atoms with van der Waals surface area (Å²) in [6, 6.07) is 11.4. The summed E-state index contributed by atoms with van der Waals surface area (Å²) < 4.78 is 0.